The number of pyridine rings is 1. The predicted octanol–water partition coefficient (Wildman–Crippen LogP) is 1.00. The zero-order valence-electron chi connectivity index (χ0n) is 14.2. The van der Waals surface area contributed by atoms with Crippen molar-refractivity contribution in [2.45, 2.75) is 26.3 Å². The van der Waals surface area contributed by atoms with Crippen LogP contribution < -0.4 is 5.32 Å². The van der Waals surface area contributed by atoms with Crippen molar-refractivity contribution in [1.82, 2.24) is 20.1 Å². The Morgan fingerprint density at radius 1 is 1.17 bits per heavy atom. The van der Waals surface area contributed by atoms with Gasteiger partial charge < -0.3 is 15.1 Å². The minimum atomic E-state index is -0.473. The van der Waals surface area contributed by atoms with Gasteiger partial charge >= 0.3 is 0 Å². The average molecular weight is 318 g/mol. The Morgan fingerprint density at radius 2 is 1.78 bits per heavy atom. The zero-order chi connectivity index (χ0) is 16.8. The molecule has 0 saturated carbocycles. The second-order valence-corrected chi connectivity index (χ2v) is 6.52. The Bertz CT molecular complexity index is 525. The molecule has 1 atom stereocenters. The van der Waals surface area contributed by atoms with Gasteiger partial charge in [0.2, 0.25) is 5.91 Å². The van der Waals surface area contributed by atoms with Crippen molar-refractivity contribution in [2.24, 2.45) is 5.92 Å². The molecule has 2 rings (SSSR count). The summed E-state index contributed by atoms with van der Waals surface area (Å²) in [5.74, 6) is 0.129. The van der Waals surface area contributed by atoms with Crippen LogP contribution in [-0.2, 0) is 4.79 Å². The van der Waals surface area contributed by atoms with E-state index in [9.17, 15) is 9.59 Å². The molecule has 1 saturated heterocycles. The number of piperazine rings is 1. The highest BCUT2D eigenvalue weighted by atomic mass is 16.2. The lowest BCUT2D eigenvalue weighted by atomic mass is 10.0. The third kappa shape index (κ3) is 5.03. The molecule has 6 nitrogen and oxygen atoms in total. The summed E-state index contributed by atoms with van der Waals surface area (Å²) >= 11 is 0. The molecular formula is C17H26N4O2. The predicted molar refractivity (Wildman–Crippen MR) is 89.0 cm³/mol. The van der Waals surface area contributed by atoms with Crippen molar-refractivity contribution in [3.05, 3.63) is 30.1 Å². The highest BCUT2D eigenvalue weighted by Gasteiger charge is 2.28. The topological polar surface area (TPSA) is 65.5 Å². The van der Waals surface area contributed by atoms with E-state index in [1.807, 2.05) is 4.90 Å². The summed E-state index contributed by atoms with van der Waals surface area (Å²) in [6.45, 7) is 7.30. The lowest BCUT2D eigenvalue weighted by molar-refractivity contribution is -0.135. The first kappa shape index (κ1) is 17.4. The van der Waals surface area contributed by atoms with Crippen molar-refractivity contribution >= 4 is 11.8 Å². The molecule has 2 heterocycles. The quantitative estimate of drug-likeness (QED) is 0.880. The molecule has 1 fully saturated rings. The third-order valence-corrected chi connectivity index (χ3v) is 4.07. The SMILES string of the molecule is CC(C)C[C@H](NC(=O)c1ccncc1)C(=O)N1CCN(C)CC1. The summed E-state index contributed by atoms with van der Waals surface area (Å²) in [6, 6.07) is 2.84. The van der Waals surface area contributed by atoms with E-state index in [-0.39, 0.29) is 11.8 Å². The van der Waals surface area contributed by atoms with E-state index in [0.29, 0.717) is 17.9 Å². The number of carbonyl (C=O) groups is 2. The van der Waals surface area contributed by atoms with E-state index in [1.54, 1.807) is 24.5 Å². The van der Waals surface area contributed by atoms with E-state index in [2.05, 4.69) is 36.1 Å². The molecule has 6 heteroatoms. The van der Waals surface area contributed by atoms with Gasteiger partial charge in [-0.1, -0.05) is 13.8 Å². The maximum Gasteiger partial charge on any atom is 0.252 e. The molecule has 1 aliphatic rings. The number of carbonyl (C=O) groups excluding carboxylic acids is 2. The number of nitrogens with zero attached hydrogens (tertiary/aromatic N) is 3. The maximum atomic E-state index is 12.8. The largest absolute Gasteiger partial charge is 0.340 e. The van der Waals surface area contributed by atoms with E-state index in [4.69, 9.17) is 0 Å². The summed E-state index contributed by atoms with van der Waals surface area (Å²) in [5, 5.41) is 2.90. The van der Waals surface area contributed by atoms with Gasteiger partial charge in [0, 0.05) is 44.1 Å². The molecule has 23 heavy (non-hydrogen) atoms. The first-order chi connectivity index (χ1) is 11.0. The van der Waals surface area contributed by atoms with Gasteiger partial charge in [-0.05, 0) is 31.5 Å². The number of aromatic nitrogens is 1. The molecule has 1 aromatic rings. The van der Waals surface area contributed by atoms with Crippen LogP contribution in [0.5, 0.6) is 0 Å². The molecule has 0 radical (unpaired) electrons. The minimum absolute atomic E-state index is 0.0224. The van der Waals surface area contributed by atoms with Gasteiger partial charge in [0.15, 0.2) is 0 Å². The second-order valence-electron chi connectivity index (χ2n) is 6.52. The normalized spacial score (nSPS) is 17.1. The van der Waals surface area contributed by atoms with Crippen LogP contribution in [0.4, 0.5) is 0 Å². The highest BCUT2D eigenvalue weighted by molar-refractivity contribution is 5.97. The van der Waals surface area contributed by atoms with E-state index >= 15 is 0 Å². The minimum Gasteiger partial charge on any atom is -0.340 e. The smallest absolute Gasteiger partial charge is 0.252 e. The fourth-order valence-corrected chi connectivity index (χ4v) is 2.68. The van der Waals surface area contributed by atoms with Crippen LogP contribution in [-0.4, -0.2) is 65.9 Å². The summed E-state index contributed by atoms with van der Waals surface area (Å²) < 4.78 is 0. The van der Waals surface area contributed by atoms with Gasteiger partial charge in [0.25, 0.3) is 5.91 Å². The summed E-state index contributed by atoms with van der Waals surface area (Å²) in [4.78, 5) is 33.1. The number of likely N-dealkylation sites (N-methyl/N-ethyl adjacent to an activating group) is 1. The Morgan fingerprint density at radius 3 is 2.35 bits per heavy atom. The number of hydrogen-bond acceptors (Lipinski definition) is 4. The summed E-state index contributed by atoms with van der Waals surface area (Å²) in [7, 11) is 2.05. The molecular weight excluding hydrogens is 292 g/mol. The van der Waals surface area contributed by atoms with Gasteiger partial charge in [0.1, 0.15) is 6.04 Å². The average Bonchev–Trinajstić information content (AvgIpc) is 2.54. The molecule has 1 aromatic heterocycles. The molecule has 0 unspecified atom stereocenters. The summed E-state index contributed by atoms with van der Waals surface area (Å²) in [5.41, 5.74) is 0.528. The van der Waals surface area contributed by atoms with Crippen molar-refractivity contribution in [1.29, 1.82) is 0 Å². The van der Waals surface area contributed by atoms with E-state index in [0.717, 1.165) is 26.2 Å². The third-order valence-electron chi connectivity index (χ3n) is 4.07. The van der Waals surface area contributed by atoms with Gasteiger partial charge in [-0.25, -0.2) is 0 Å². The zero-order valence-corrected chi connectivity index (χ0v) is 14.2. The molecule has 1 aliphatic heterocycles. The number of nitrogens with one attached hydrogen (secondary N) is 1. The second kappa shape index (κ2) is 8.06. The lowest BCUT2D eigenvalue weighted by Gasteiger charge is -2.35. The Labute approximate surface area is 137 Å². The highest BCUT2D eigenvalue weighted by Crippen LogP contribution is 2.11. The summed E-state index contributed by atoms with van der Waals surface area (Å²) in [6.07, 6.45) is 3.80. The first-order valence-electron chi connectivity index (χ1n) is 8.15. The maximum absolute atomic E-state index is 12.8. The molecule has 2 amide bonds. The molecule has 0 aliphatic carbocycles. The number of hydrogen-bond donors (Lipinski definition) is 1. The number of rotatable bonds is 5. The van der Waals surface area contributed by atoms with Crippen molar-refractivity contribution < 1.29 is 9.59 Å². The Hall–Kier alpha value is -1.95. The van der Waals surface area contributed by atoms with Crippen molar-refractivity contribution in [2.75, 3.05) is 33.2 Å². The van der Waals surface area contributed by atoms with Crippen LogP contribution >= 0.6 is 0 Å². The van der Waals surface area contributed by atoms with Gasteiger partial charge in [-0.2, -0.15) is 0 Å². The molecule has 126 valence electrons. The van der Waals surface area contributed by atoms with Crippen LogP contribution in [0.1, 0.15) is 30.6 Å². The van der Waals surface area contributed by atoms with Crippen LogP contribution in [0.15, 0.2) is 24.5 Å². The lowest BCUT2D eigenvalue weighted by Crippen LogP contribution is -2.54. The number of amides is 2. The van der Waals surface area contributed by atoms with Crippen LogP contribution in [0, 0.1) is 5.92 Å². The van der Waals surface area contributed by atoms with E-state index < -0.39 is 6.04 Å². The van der Waals surface area contributed by atoms with Crippen LogP contribution in [0.25, 0.3) is 0 Å². The molecule has 0 aromatic carbocycles. The Balaban J connectivity index is 2.04. The molecule has 0 spiro atoms. The van der Waals surface area contributed by atoms with Gasteiger partial charge in [-0.3, -0.25) is 14.6 Å². The van der Waals surface area contributed by atoms with E-state index in [1.165, 1.54) is 0 Å². The Kier molecular flexibility index (Phi) is 6.10. The van der Waals surface area contributed by atoms with Gasteiger partial charge in [0.05, 0.1) is 0 Å². The van der Waals surface area contributed by atoms with Crippen LogP contribution in [0.2, 0.25) is 0 Å². The monoisotopic (exact) mass is 318 g/mol. The standard InChI is InChI=1S/C17H26N4O2/c1-13(2)12-15(17(23)21-10-8-20(3)9-11-21)19-16(22)14-4-6-18-7-5-14/h4-7,13,15H,8-12H2,1-3H3,(H,19,22)/t15-/m0/s1. The fraction of sp³-hybridized carbons (Fsp3) is 0.588. The van der Waals surface area contributed by atoms with Crippen LogP contribution in [0.3, 0.4) is 0 Å². The van der Waals surface area contributed by atoms with Gasteiger partial charge in [-0.15, -0.1) is 0 Å². The molecule has 0 bridgehead atoms. The fourth-order valence-electron chi connectivity index (χ4n) is 2.68. The van der Waals surface area contributed by atoms with Crippen molar-refractivity contribution in [3.8, 4) is 0 Å². The first-order valence-corrected chi connectivity index (χ1v) is 8.15. The molecule has 1 N–H and O–H groups in total. The van der Waals surface area contributed by atoms with Crippen molar-refractivity contribution in [3.63, 3.8) is 0 Å².